The van der Waals surface area contributed by atoms with Gasteiger partial charge in [-0.05, 0) is 84.8 Å². The number of amides is 2. The Morgan fingerprint density at radius 3 is 2.65 bits per heavy atom. The largest absolute Gasteiger partial charge is 0.491 e. The minimum Gasteiger partial charge on any atom is -0.491 e. The number of hydrogen-bond acceptors (Lipinski definition) is 5. The molecule has 0 bridgehead atoms. The molecule has 1 fully saturated rings. The molecule has 0 unspecified atom stereocenters. The van der Waals surface area contributed by atoms with Crippen LogP contribution in [-0.2, 0) is 16.0 Å². The second kappa shape index (κ2) is 11.6. The van der Waals surface area contributed by atoms with Crippen LogP contribution in [0, 0.1) is 5.82 Å². The van der Waals surface area contributed by atoms with E-state index in [0.717, 1.165) is 24.8 Å². The van der Waals surface area contributed by atoms with E-state index >= 15 is 0 Å². The van der Waals surface area contributed by atoms with Crippen molar-refractivity contribution >= 4 is 34.8 Å². The van der Waals surface area contributed by atoms with Gasteiger partial charge in [0, 0.05) is 35.2 Å². The van der Waals surface area contributed by atoms with Gasteiger partial charge < -0.3 is 19.3 Å². The summed E-state index contributed by atoms with van der Waals surface area (Å²) in [5.74, 6) is -0.214. The molecule has 2 aromatic carbocycles. The van der Waals surface area contributed by atoms with Crippen LogP contribution in [0.1, 0.15) is 39.7 Å². The SMILES string of the molecule is O=C(c1ccc(F)cc1)N(CC(=O)N1CCc2sccc2[C@H]1COc1ccc(Cl)cc1)C[C@H]1CCCO1. The molecule has 1 aromatic heterocycles. The van der Waals surface area contributed by atoms with Gasteiger partial charge in [0.2, 0.25) is 5.91 Å². The average Bonchev–Trinajstić information content (AvgIpc) is 3.60. The number of fused-ring (bicyclic) bond motifs is 1. The van der Waals surface area contributed by atoms with Gasteiger partial charge in [-0.1, -0.05) is 11.6 Å². The molecule has 3 heterocycles. The van der Waals surface area contributed by atoms with Gasteiger partial charge in [0.05, 0.1) is 12.1 Å². The molecular formula is C28H28ClFN2O4S. The van der Waals surface area contributed by atoms with Crippen molar-refractivity contribution < 1.29 is 23.5 Å². The van der Waals surface area contributed by atoms with Crippen molar-refractivity contribution in [2.24, 2.45) is 0 Å². The van der Waals surface area contributed by atoms with E-state index in [4.69, 9.17) is 21.1 Å². The molecule has 2 aliphatic rings. The molecule has 1 saturated heterocycles. The minimum atomic E-state index is -0.415. The van der Waals surface area contributed by atoms with Crippen LogP contribution in [0.5, 0.6) is 5.75 Å². The number of carbonyl (C=O) groups is 2. The lowest BCUT2D eigenvalue weighted by molar-refractivity contribution is -0.135. The molecule has 0 saturated carbocycles. The van der Waals surface area contributed by atoms with E-state index in [0.29, 0.717) is 36.0 Å². The van der Waals surface area contributed by atoms with Crippen LogP contribution in [-0.4, -0.2) is 60.6 Å². The van der Waals surface area contributed by atoms with Gasteiger partial charge in [-0.3, -0.25) is 9.59 Å². The Bertz CT molecular complexity index is 1230. The van der Waals surface area contributed by atoms with Gasteiger partial charge in [-0.25, -0.2) is 4.39 Å². The van der Waals surface area contributed by atoms with E-state index in [-0.39, 0.29) is 37.1 Å². The lowest BCUT2D eigenvalue weighted by Crippen LogP contribution is -2.49. The monoisotopic (exact) mass is 542 g/mol. The zero-order valence-electron chi connectivity index (χ0n) is 20.3. The van der Waals surface area contributed by atoms with Crippen LogP contribution >= 0.6 is 22.9 Å². The molecular weight excluding hydrogens is 515 g/mol. The Labute approximate surface area is 224 Å². The van der Waals surface area contributed by atoms with E-state index in [1.165, 1.54) is 34.0 Å². The van der Waals surface area contributed by atoms with E-state index in [1.54, 1.807) is 35.6 Å². The van der Waals surface area contributed by atoms with Crippen molar-refractivity contribution in [2.45, 2.75) is 31.4 Å². The van der Waals surface area contributed by atoms with Gasteiger partial charge in [0.25, 0.3) is 5.91 Å². The molecule has 0 N–H and O–H groups in total. The van der Waals surface area contributed by atoms with E-state index in [2.05, 4.69) is 0 Å². The van der Waals surface area contributed by atoms with Gasteiger partial charge >= 0.3 is 0 Å². The summed E-state index contributed by atoms with van der Waals surface area (Å²) in [6, 6.07) is 14.3. The highest BCUT2D eigenvalue weighted by atomic mass is 35.5. The molecule has 0 aliphatic carbocycles. The quantitative estimate of drug-likeness (QED) is 0.384. The first-order chi connectivity index (χ1) is 18.0. The fourth-order valence-electron chi connectivity index (χ4n) is 4.86. The fourth-order valence-corrected chi connectivity index (χ4v) is 5.92. The lowest BCUT2D eigenvalue weighted by atomic mass is 10.00. The van der Waals surface area contributed by atoms with Crippen LogP contribution < -0.4 is 4.74 Å². The summed E-state index contributed by atoms with van der Waals surface area (Å²) in [4.78, 5) is 31.7. The second-order valence-corrected chi connectivity index (χ2v) is 10.7. The number of rotatable bonds is 8. The minimum absolute atomic E-state index is 0.0903. The maximum absolute atomic E-state index is 13.7. The summed E-state index contributed by atoms with van der Waals surface area (Å²) in [6.07, 6.45) is 2.40. The molecule has 9 heteroatoms. The van der Waals surface area contributed by atoms with Crippen molar-refractivity contribution in [3.05, 3.63) is 86.8 Å². The predicted octanol–water partition coefficient (Wildman–Crippen LogP) is 5.37. The van der Waals surface area contributed by atoms with E-state index in [9.17, 15) is 14.0 Å². The van der Waals surface area contributed by atoms with Crippen LogP contribution in [0.3, 0.4) is 0 Å². The van der Waals surface area contributed by atoms with Crippen LogP contribution in [0.4, 0.5) is 4.39 Å². The molecule has 37 heavy (non-hydrogen) atoms. The maximum atomic E-state index is 13.7. The standard InChI is InChI=1S/C28H28ClFN2O4S/c29-20-5-9-22(10-6-20)36-18-25-24-12-15-37-26(24)11-13-32(25)27(33)17-31(16-23-2-1-14-35-23)28(34)19-3-7-21(30)8-4-19/h3-10,12,15,23,25H,1-2,11,13-14,16-18H2/t23-,25-/m1/s1. The fraction of sp³-hybridized carbons (Fsp3) is 0.357. The van der Waals surface area contributed by atoms with Gasteiger partial charge in [-0.15, -0.1) is 11.3 Å². The number of carbonyl (C=O) groups excluding carboxylic acids is 2. The molecule has 3 aromatic rings. The van der Waals surface area contributed by atoms with Crippen molar-refractivity contribution in [3.8, 4) is 5.75 Å². The first kappa shape index (κ1) is 25.7. The van der Waals surface area contributed by atoms with Crippen molar-refractivity contribution in [1.29, 1.82) is 0 Å². The zero-order chi connectivity index (χ0) is 25.8. The summed E-state index contributed by atoms with van der Waals surface area (Å²) < 4.78 is 25.3. The third-order valence-corrected chi connectivity index (χ3v) is 8.04. The topological polar surface area (TPSA) is 59.1 Å². The van der Waals surface area contributed by atoms with Gasteiger partial charge in [-0.2, -0.15) is 0 Å². The van der Waals surface area contributed by atoms with Gasteiger partial charge in [0.15, 0.2) is 0 Å². The maximum Gasteiger partial charge on any atom is 0.254 e. The predicted molar refractivity (Wildman–Crippen MR) is 141 cm³/mol. The lowest BCUT2D eigenvalue weighted by Gasteiger charge is -2.37. The van der Waals surface area contributed by atoms with Crippen LogP contribution in [0.15, 0.2) is 60.0 Å². The Kier molecular flexibility index (Phi) is 8.08. The highest BCUT2D eigenvalue weighted by molar-refractivity contribution is 7.10. The summed E-state index contributed by atoms with van der Waals surface area (Å²) in [6.45, 7) is 1.70. The molecule has 5 rings (SSSR count). The van der Waals surface area contributed by atoms with E-state index in [1.807, 2.05) is 16.3 Å². The first-order valence-corrected chi connectivity index (χ1v) is 13.6. The Morgan fingerprint density at radius 2 is 1.92 bits per heavy atom. The summed E-state index contributed by atoms with van der Waals surface area (Å²) in [5, 5.41) is 2.66. The van der Waals surface area contributed by atoms with Crippen molar-refractivity contribution in [2.75, 3.05) is 32.8 Å². The van der Waals surface area contributed by atoms with Gasteiger partial charge in [0.1, 0.15) is 24.7 Å². The molecule has 194 valence electrons. The smallest absolute Gasteiger partial charge is 0.254 e. The van der Waals surface area contributed by atoms with Crippen LogP contribution in [0.2, 0.25) is 5.02 Å². The Balaban J connectivity index is 1.34. The highest BCUT2D eigenvalue weighted by Gasteiger charge is 2.34. The number of halogens is 2. The molecule has 2 atom stereocenters. The highest BCUT2D eigenvalue weighted by Crippen LogP contribution is 2.34. The zero-order valence-corrected chi connectivity index (χ0v) is 21.8. The molecule has 6 nitrogen and oxygen atoms in total. The van der Waals surface area contributed by atoms with E-state index < -0.39 is 5.82 Å². The molecule has 2 aliphatic heterocycles. The van der Waals surface area contributed by atoms with Crippen molar-refractivity contribution in [3.63, 3.8) is 0 Å². The Hall–Kier alpha value is -2.94. The molecule has 2 amide bonds. The van der Waals surface area contributed by atoms with Crippen LogP contribution in [0.25, 0.3) is 0 Å². The number of hydrogen-bond donors (Lipinski definition) is 0. The number of nitrogens with zero attached hydrogens (tertiary/aromatic N) is 2. The number of ether oxygens (including phenoxy) is 2. The van der Waals surface area contributed by atoms with Crippen molar-refractivity contribution in [1.82, 2.24) is 9.80 Å². The number of benzene rings is 2. The third kappa shape index (κ3) is 6.14. The summed E-state index contributed by atoms with van der Waals surface area (Å²) in [7, 11) is 0. The molecule has 0 spiro atoms. The number of thiophene rings is 1. The molecule has 0 radical (unpaired) electrons. The summed E-state index contributed by atoms with van der Waals surface area (Å²) >= 11 is 7.68. The second-order valence-electron chi connectivity index (χ2n) is 9.24. The summed E-state index contributed by atoms with van der Waals surface area (Å²) in [5.41, 5.74) is 1.42. The Morgan fingerprint density at radius 1 is 1.14 bits per heavy atom. The normalized spacial score (nSPS) is 18.9. The first-order valence-electron chi connectivity index (χ1n) is 12.4. The average molecular weight is 543 g/mol. The third-order valence-electron chi connectivity index (χ3n) is 6.79.